The van der Waals surface area contributed by atoms with Gasteiger partial charge >= 0.3 is 0 Å². The zero-order chi connectivity index (χ0) is 13.1. The first-order valence-corrected chi connectivity index (χ1v) is 8.83. The van der Waals surface area contributed by atoms with Gasteiger partial charge in [0.25, 0.3) is 0 Å². The van der Waals surface area contributed by atoms with E-state index in [0.29, 0.717) is 0 Å². The molecular formula is C18H36. The van der Waals surface area contributed by atoms with Crippen molar-refractivity contribution in [1.29, 1.82) is 0 Å². The Labute approximate surface area is 116 Å². The Balaban J connectivity index is 2.54. The predicted molar refractivity (Wildman–Crippen MR) is 83.0 cm³/mol. The second kappa shape index (κ2) is 9.87. The second-order valence-electron chi connectivity index (χ2n) is 6.68. The van der Waals surface area contributed by atoms with Gasteiger partial charge in [-0.05, 0) is 31.1 Å². The van der Waals surface area contributed by atoms with Gasteiger partial charge in [-0.25, -0.2) is 0 Å². The van der Waals surface area contributed by atoms with Gasteiger partial charge in [0.15, 0.2) is 0 Å². The average Bonchev–Trinajstić information content (AvgIpc) is 2.41. The lowest BCUT2D eigenvalue weighted by Gasteiger charge is -2.35. The third-order valence-electron chi connectivity index (χ3n) is 5.04. The van der Waals surface area contributed by atoms with Crippen molar-refractivity contribution in [1.82, 2.24) is 0 Å². The zero-order valence-corrected chi connectivity index (χ0v) is 13.1. The largest absolute Gasteiger partial charge is 0.0654 e. The molecule has 0 atom stereocenters. The first-order chi connectivity index (χ1) is 8.83. The normalized spacial score (nSPS) is 21.7. The van der Waals surface area contributed by atoms with Gasteiger partial charge in [-0.2, -0.15) is 0 Å². The molecule has 18 heavy (non-hydrogen) atoms. The minimum absolute atomic E-state index is 0.739. The van der Waals surface area contributed by atoms with Crippen molar-refractivity contribution in [3.8, 4) is 0 Å². The summed E-state index contributed by atoms with van der Waals surface area (Å²) in [5.74, 6) is 0. The Morgan fingerprint density at radius 3 is 1.39 bits per heavy atom. The fraction of sp³-hybridized carbons (Fsp3) is 1.00. The van der Waals surface area contributed by atoms with E-state index in [1.807, 2.05) is 0 Å². The summed E-state index contributed by atoms with van der Waals surface area (Å²) in [6, 6.07) is 0. The lowest BCUT2D eigenvalue weighted by molar-refractivity contribution is 0.171. The highest BCUT2D eigenvalue weighted by Crippen LogP contribution is 2.42. The summed E-state index contributed by atoms with van der Waals surface area (Å²) < 4.78 is 0. The molecule has 0 aliphatic heterocycles. The minimum atomic E-state index is 0.739. The van der Waals surface area contributed by atoms with Gasteiger partial charge in [0.05, 0.1) is 0 Å². The van der Waals surface area contributed by atoms with Crippen molar-refractivity contribution in [3.63, 3.8) is 0 Å². The van der Waals surface area contributed by atoms with Gasteiger partial charge in [0.1, 0.15) is 0 Å². The minimum Gasteiger partial charge on any atom is -0.0654 e. The lowest BCUT2D eigenvalue weighted by Crippen LogP contribution is -2.21. The molecule has 0 heteroatoms. The first kappa shape index (κ1) is 16.1. The summed E-state index contributed by atoms with van der Waals surface area (Å²) in [5, 5.41) is 0. The molecule has 0 spiro atoms. The van der Waals surface area contributed by atoms with E-state index < -0.39 is 0 Å². The smallest absolute Gasteiger partial charge is 0.0297 e. The third-order valence-corrected chi connectivity index (χ3v) is 5.04. The maximum atomic E-state index is 2.35. The molecule has 0 bridgehead atoms. The molecule has 0 saturated heterocycles. The Hall–Kier alpha value is 0. The van der Waals surface area contributed by atoms with E-state index in [0.717, 1.165) is 5.41 Å². The summed E-state index contributed by atoms with van der Waals surface area (Å²) in [7, 11) is 0. The molecule has 1 rings (SSSR count). The quantitative estimate of drug-likeness (QED) is 0.483. The highest BCUT2D eigenvalue weighted by molar-refractivity contribution is 4.80. The molecule has 0 nitrogen and oxygen atoms in total. The van der Waals surface area contributed by atoms with Crippen LogP contribution < -0.4 is 0 Å². The van der Waals surface area contributed by atoms with Crippen LogP contribution in [0.1, 0.15) is 110 Å². The number of rotatable bonds is 6. The molecule has 0 heterocycles. The molecule has 0 aromatic carbocycles. The van der Waals surface area contributed by atoms with E-state index in [-0.39, 0.29) is 0 Å². The van der Waals surface area contributed by atoms with Crippen LogP contribution in [0.25, 0.3) is 0 Å². The fourth-order valence-electron chi connectivity index (χ4n) is 3.74. The topological polar surface area (TPSA) is 0 Å². The van der Waals surface area contributed by atoms with E-state index in [4.69, 9.17) is 0 Å². The van der Waals surface area contributed by atoms with Crippen LogP contribution in [0, 0.1) is 5.41 Å². The van der Waals surface area contributed by atoms with E-state index in [2.05, 4.69) is 13.8 Å². The molecule has 0 unspecified atom stereocenters. The van der Waals surface area contributed by atoms with Crippen LogP contribution in [-0.2, 0) is 0 Å². The summed E-state index contributed by atoms with van der Waals surface area (Å²) in [6.07, 6.45) is 22.3. The van der Waals surface area contributed by atoms with Crippen molar-refractivity contribution in [2.24, 2.45) is 5.41 Å². The fourth-order valence-corrected chi connectivity index (χ4v) is 3.74. The molecule has 0 aromatic rings. The van der Waals surface area contributed by atoms with Crippen LogP contribution in [0.15, 0.2) is 0 Å². The standard InChI is InChI=1S/C18H36/c1-3-5-14-18(15-6-4-2)16-12-10-8-7-9-11-13-17-18/h3-17H2,1-2H3. The summed E-state index contributed by atoms with van der Waals surface area (Å²) >= 11 is 0. The van der Waals surface area contributed by atoms with Crippen molar-refractivity contribution < 1.29 is 0 Å². The van der Waals surface area contributed by atoms with E-state index in [9.17, 15) is 0 Å². The molecule has 1 aliphatic rings. The maximum Gasteiger partial charge on any atom is -0.0297 e. The van der Waals surface area contributed by atoms with Gasteiger partial charge in [-0.3, -0.25) is 0 Å². The van der Waals surface area contributed by atoms with Crippen molar-refractivity contribution in [2.45, 2.75) is 110 Å². The van der Waals surface area contributed by atoms with Crippen LogP contribution in [0.2, 0.25) is 0 Å². The Morgan fingerprint density at radius 1 is 0.611 bits per heavy atom. The predicted octanol–water partition coefficient (Wildman–Crippen LogP) is 6.88. The molecule has 0 radical (unpaired) electrons. The van der Waals surface area contributed by atoms with Crippen molar-refractivity contribution >= 4 is 0 Å². The Bertz CT molecular complexity index is 162. The van der Waals surface area contributed by atoms with E-state index in [1.165, 1.54) is 96.3 Å². The molecule has 0 amide bonds. The second-order valence-corrected chi connectivity index (χ2v) is 6.68. The molecule has 1 saturated carbocycles. The molecular weight excluding hydrogens is 216 g/mol. The summed E-state index contributed by atoms with van der Waals surface area (Å²) in [5.41, 5.74) is 0.739. The SMILES string of the molecule is CCCCC1(CCCC)CCCCCCCCC1. The molecule has 1 fully saturated rings. The number of unbranched alkanes of at least 4 members (excludes halogenated alkanes) is 2. The molecule has 0 aromatic heterocycles. The van der Waals surface area contributed by atoms with Crippen LogP contribution in [0.4, 0.5) is 0 Å². The number of hydrogen-bond donors (Lipinski definition) is 0. The van der Waals surface area contributed by atoms with Crippen molar-refractivity contribution in [2.75, 3.05) is 0 Å². The van der Waals surface area contributed by atoms with Gasteiger partial charge in [-0.15, -0.1) is 0 Å². The molecule has 0 N–H and O–H groups in total. The summed E-state index contributed by atoms with van der Waals surface area (Å²) in [6.45, 7) is 4.71. The molecule has 108 valence electrons. The lowest BCUT2D eigenvalue weighted by atomic mass is 9.70. The highest BCUT2D eigenvalue weighted by atomic mass is 14.3. The number of hydrogen-bond acceptors (Lipinski definition) is 0. The van der Waals surface area contributed by atoms with Gasteiger partial charge in [-0.1, -0.05) is 84.5 Å². The molecule has 1 aliphatic carbocycles. The third kappa shape index (κ3) is 6.25. The highest BCUT2D eigenvalue weighted by Gasteiger charge is 2.28. The Kier molecular flexibility index (Phi) is 8.80. The van der Waals surface area contributed by atoms with Crippen LogP contribution in [0.3, 0.4) is 0 Å². The van der Waals surface area contributed by atoms with Crippen LogP contribution in [-0.4, -0.2) is 0 Å². The van der Waals surface area contributed by atoms with Gasteiger partial charge in [0.2, 0.25) is 0 Å². The van der Waals surface area contributed by atoms with Crippen LogP contribution in [0.5, 0.6) is 0 Å². The summed E-state index contributed by atoms with van der Waals surface area (Å²) in [4.78, 5) is 0. The zero-order valence-electron chi connectivity index (χ0n) is 13.1. The van der Waals surface area contributed by atoms with Gasteiger partial charge in [0, 0.05) is 0 Å². The van der Waals surface area contributed by atoms with Gasteiger partial charge < -0.3 is 0 Å². The van der Waals surface area contributed by atoms with Crippen LogP contribution >= 0.6 is 0 Å². The Morgan fingerprint density at radius 2 is 1.00 bits per heavy atom. The first-order valence-electron chi connectivity index (χ1n) is 8.83. The van der Waals surface area contributed by atoms with E-state index in [1.54, 1.807) is 0 Å². The average molecular weight is 252 g/mol. The van der Waals surface area contributed by atoms with E-state index >= 15 is 0 Å². The monoisotopic (exact) mass is 252 g/mol. The maximum absolute atomic E-state index is 2.35. The van der Waals surface area contributed by atoms with Crippen molar-refractivity contribution in [3.05, 3.63) is 0 Å².